The summed E-state index contributed by atoms with van der Waals surface area (Å²) in [6.07, 6.45) is 6.01. The summed E-state index contributed by atoms with van der Waals surface area (Å²) >= 11 is 0. The van der Waals surface area contributed by atoms with E-state index in [1.807, 2.05) is 5.01 Å². The second-order valence-corrected chi connectivity index (χ2v) is 5.16. The summed E-state index contributed by atoms with van der Waals surface area (Å²) in [6.45, 7) is 1.88. The van der Waals surface area contributed by atoms with Crippen molar-refractivity contribution in [1.29, 1.82) is 0 Å². The van der Waals surface area contributed by atoms with Crippen LogP contribution in [0.15, 0.2) is 0 Å². The first-order valence-electron chi connectivity index (χ1n) is 6.61. The van der Waals surface area contributed by atoms with Gasteiger partial charge < -0.3 is 0 Å². The molecule has 1 amide bonds. The summed E-state index contributed by atoms with van der Waals surface area (Å²) in [6, 6.07) is 0. The lowest BCUT2D eigenvalue weighted by molar-refractivity contribution is -0.131. The molecule has 1 aromatic heterocycles. The van der Waals surface area contributed by atoms with E-state index >= 15 is 0 Å². The number of hydrogen-bond acceptors (Lipinski definition) is 5. The van der Waals surface area contributed by atoms with Gasteiger partial charge in [0.25, 0.3) is 0 Å². The summed E-state index contributed by atoms with van der Waals surface area (Å²) in [5, 5.41) is 16.1. The molecule has 7 heteroatoms. The first kappa shape index (κ1) is 11.6. The number of aromatic nitrogens is 4. The van der Waals surface area contributed by atoms with E-state index in [1.54, 1.807) is 0 Å². The maximum atomic E-state index is 12.5. The van der Waals surface area contributed by atoms with Crippen LogP contribution < -0.4 is 5.43 Å². The molecular formula is C11H18N6O. The second kappa shape index (κ2) is 4.64. The Balaban J connectivity index is 1.79. The Bertz CT molecular complexity index is 405. The van der Waals surface area contributed by atoms with E-state index in [1.165, 1.54) is 0 Å². The van der Waals surface area contributed by atoms with E-state index in [9.17, 15) is 4.79 Å². The van der Waals surface area contributed by atoms with Gasteiger partial charge >= 0.3 is 0 Å². The van der Waals surface area contributed by atoms with Crippen molar-refractivity contribution in [3.05, 3.63) is 5.82 Å². The first-order chi connectivity index (χ1) is 8.81. The highest BCUT2D eigenvalue weighted by molar-refractivity contribution is 5.87. The van der Waals surface area contributed by atoms with E-state index in [4.69, 9.17) is 0 Å². The van der Waals surface area contributed by atoms with E-state index in [2.05, 4.69) is 26.0 Å². The Hall–Kier alpha value is -1.50. The third-order valence-corrected chi connectivity index (χ3v) is 4.03. The van der Waals surface area contributed by atoms with Crippen LogP contribution >= 0.6 is 0 Å². The maximum Gasteiger partial charge on any atom is 0.248 e. The molecule has 0 spiro atoms. The molecule has 0 atom stereocenters. The van der Waals surface area contributed by atoms with Crippen molar-refractivity contribution in [2.24, 2.45) is 0 Å². The van der Waals surface area contributed by atoms with Gasteiger partial charge in [0, 0.05) is 13.1 Å². The molecule has 0 aromatic carbocycles. The first-order valence-corrected chi connectivity index (χ1v) is 6.61. The molecule has 0 bridgehead atoms. The normalized spacial score (nSPS) is 23.3. The summed E-state index contributed by atoms with van der Waals surface area (Å²) in [4.78, 5) is 12.5. The molecule has 2 aliphatic rings. The zero-order valence-electron chi connectivity index (χ0n) is 10.4. The van der Waals surface area contributed by atoms with Crippen LogP contribution in [0, 0.1) is 0 Å². The Morgan fingerprint density at radius 1 is 1.22 bits per heavy atom. The maximum absolute atomic E-state index is 12.5. The van der Waals surface area contributed by atoms with Crippen molar-refractivity contribution in [1.82, 2.24) is 31.1 Å². The number of rotatable bonds is 3. The van der Waals surface area contributed by atoms with Crippen LogP contribution in [-0.2, 0) is 10.2 Å². The lowest BCUT2D eigenvalue weighted by Crippen LogP contribution is -2.50. The number of aromatic amines is 1. The third-order valence-electron chi connectivity index (χ3n) is 4.03. The number of carbonyl (C=O) groups is 1. The fourth-order valence-electron chi connectivity index (χ4n) is 2.97. The van der Waals surface area contributed by atoms with Crippen molar-refractivity contribution in [2.45, 2.75) is 43.9 Å². The molecule has 0 radical (unpaired) electrons. The van der Waals surface area contributed by atoms with Gasteiger partial charge in [-0.3, -0.25) is 10.2 Å². The molecule has 2 N–H and O–H groups in total. The third kappa shape index (κ3) is 1.88. The molecule has 2 fully saturated rings. The molecule has 18 heavy (non-hydrogen) atoms. The van der Waals surface area contributed by atoms with Gasteiger partial charge in [-0.1, -0.05) is 18.1 Å². The van der Waals surface area contributed by atoms with Crippen molar-refractivity contribution in [2.75, 3.05) is 13.1 Å². The Morgan fingerprint density at radius 2 is 1.94 bits per heavy atom. The second-order valence-electron chi connectivity index (χ2n) is 5.16. The van der Waals surface area contributed by atoms with Crippen molar-refractivity contribution in [3.63, 3.8) is 0 Å². The Morgan fingerprint density at radius 3 is 2.56 bits per heavy atom. The van der Waals surface area contributed by atoms with Crippen molar-refractivity contribution >= 4 is 5.91 Å². The molecule has 1 saturated heterocycles. The van der Waals surface area contributed by atoms with E-state index in [-0.39, 0.29) is 5.91 Å². The predicted molar refractivity (Wildman–Crippen MR) is 63.3 cm³/mol. The monoisotopic (exact) mass is 250 g/mol. The number of carbonyl (C=O) groups excluding carboxylic acids is 1. The highest BCUT2D eigenvalue weighted by Crippen LogP contribution is 2.39. The van der Waals surface area contributed by atoms with Crippen molar-refractivity contribution < 1.29 is 4.79 Å². The number of nitrogens with zero attached hydrogens (tertiary/aromatic N) is 4. The van der Waals surface area contributed by atoms with Crippen molar-refractivity contribution in [3.8, 4) is 0 Å². The van der Waals surface area contributed by atoms with Crippen LogP contribution in [0.5, 0.6) is 0 Å². The standard InChI is InChI=1S/C11H18N6O/c18-10(14-17-7-3-4-8-17)11(5-1-2-6-11)9-12-15-16-13-9/h1-8H2,(H,14,18)(H,12,13,15,16). The number of hydrazine groups is 1. The fourth-order valence-corrected chi connectivity index (χ4v) is 2.97. The van der Waals surface area contributed by atoms with Gasteiger partial charge in [-0.25, -0.2) is 5.01 Å². The van der Waals surface area contributed by atoms with Gasteiger partial charge in [0.2, 0.25) is 5.91 Å². The summed E-state index contributed by atoms with van der Waals surface area (Å²) in [5.41, 5.74) is 2.45. The Kier molecular flexibility index (Phi) is 2.99. The molecule has 1 aliphatic heterocycles. The zero-order valence-corrected chi connectivity index (χ0v) is 10.4. The minimum absolute atomic E-state index is 0.0308. The quantitative estimate of drug-likeness (QED) is 0.796. The van der Waals surface area contributed by atoms with Crippen LogP contribution in [-0.4, -0.2) is 44.6 Å². The molecule has 2 heterocycles. The minimum Gasteiger partial charge on any atom is -0.288 e. The molecule has 1 aliphatic carbocycles. The molecule has 98 valence electrons. The molecule has 1 aromatic rings. The summed E-state index contributed by atoms with van der Waals surface area (Å²) in [7, 11) is 0. The van der Waals surface area contributed by atoms with E-state index in [0.29, 0.717) is 5.82 Å². The fraction of sp³-hybridized carbons (Fsp3) is 0.818. The number of tetrazole rings is 1. The number of H-pyrrole nitrogens is 1. The largest absolute Gasteiger partial charge is 0.288 e. The molecule has 3 rings (SSSR count). The average molecular weight is 250 g/mol. The van der Waals surface area contributed by atoms with Gasteiger partial charge in [0.1, 0.15) is 5.41 Å². The van der Waals surface area contributed by atoms with Crippen LogP contribution in [0.1, 0.15) is 44.3 Å². The van der Waals surface area contributed by atoms with Gasteiger partial charge in [0.05, 0.1) is 0 Å². The predicted octanol–water partition coefficient (Wildman–Crippen LogP) is 0.138. The van der Waals surface area contributed by atoms with E-state index < -0.39 is 5.41 Å². The molecule has 0 unspecified atom stereocenters. The van der Waals surface area contributed by atoms with Gasteiger partial charge in [-0.15, -0.1) is 10.2 Å². The number of amides is 1. The van der Waals surface area contributed by atoms with Crippen LogP contribution in [0.3, 0.4) is 0 Å². The number of nitrogens with one attached hydrogen (secondary N) is 2. The van der Waals surface area contributed by atoms with Gasteiger partial charge in [0.15, 0.2) is 5.82 Å². The van der Waals surface area contributed by atoms with Crippen LogP contribution in [0.2, 0.25) is 0 Å². The SMILES string of the molecule is O=C(NN1CCCC1)C1(c2nn[nH]n2)CCCC1. The Labute approximate surface area is 105 Å². The van der Waals surface area contributed by atoms with E-state index in [0.717, 1.165) is 51.6 Å². The van der Waals surface area contributed by atoms with Crippen LogP contribution in [0.4, 0.5) is 0 Å². The number of hydrogen-bond donors (Lipinski definition) is 2. The van der Waals surface area contributed by atoms with Gasteiger partial charge in [-0.2, -0.15) is 5.21 Å². The molecular weight excluding hydrogens is 232 g/mol. The minimum atomic E-state index is -0.574. The summed E-state index contributed by atoms with van der Waals surface area (Å²) < 4.78 is 0. The topological polar surface area (TPSA) is 86.8 Å². The molecule has 1 saturated carbocycles. The average Bonchev–Trinajstić information content (AvgIpc) is 3.12. The molecule has 7 nitrogen and oxygen atoms in total. The van der Waals surface area contributed by atoms with Gasteiger partial charge in [-0.05, 0) is 25.7 Å². The smallest absolute Gasteiger partial charge is 0.248 e. The zero-order chi connectivity index (χ0) is 12.4. The summed E-state index contributed by atoms with van der Waals surface area (Å²) in [5.74, 6) is 0.569. The lowest BCUT2D eigenvalue weighted by atomic mass is 9.84. The highest BCUT2D eigenvalue weighted by atomic mass is 16.2. The lowest BCUT2D eigenvalue weighted by Gasteiger charge is -2.27. The highest BCUT2D eigenvalue weighted by Gasteiger charge is 2.46. The van der Waals surface area contributed by atoms with Crippen LogP contribution in [0.25, 0.3) is 0 Å².